The van der Waals surface area contributed by atoms with Gasteiger partial charge in [-0.1, -0.05) is 22.0 Å². The molecule has 20 heavy (non-hydrogen) atoms. The Labute approximate surface area is 121 Å². The van der Waals surface area contributed by atoms with E-state index in [-0.39, 0.29) is 5.69 Å². The molecule has 2 rings (SSSR count). The Hall–Kier alpha value is -1.76. The fourth-order valence-corrected chi connectivity index (χ4v) is 1.85. The number of hydrogen-bond donors (Lipinski definition) is 0. The number of halogens is 4. The lowest BCUT2D eigenvalue weighted by Gasteiger charge is -2.06. The lowest BCUT2D eigenvalue weighted by Crippen LogP contribution is -2.03. The summed E-state index contributed by atoms with van der Waals surface area (Å²) in [4.78, 5) is 3.44. The second kappa shape index (κ2) is 6.13. The van der Waals surface area contributed by atoms with E-state index in [0.29, 0.717) is 0 Å². The molecule has 1 unspecified atom stereocenters. The van der Waals surface area contributed by atoms with E-state index in [1.165, 1.54) is 12.1 Å². The Morgan fingerprint density at radius 1 is 1.10 bits per heavy atom. The quantitative estimate of drug-likeness (QED) is 0.424. The van der Waals surface area contributed by atoms with Crippen LogP contribution in [0.1, 0.15) is 16.1 Å². The summed E-state index contributed by atoms with van der Waals surface area (Å²) in [5, 5.41) is 7.75. The van der Waals surface area contributed by atoms with Crippen molar-refractivity contribution in [2.75, 3.05) is 0 Å². The molecule has 0 amide bonds. The van der Waals surface area contributed by atoms with Crippen LogP contribution in [-0.4, -0.2) is 4.98 Å². The summed E-state index contributed by atoms with van der Waals surface area (Å²) in [6, 6.07) is 8.19. The van der Waals surface area contributed by atoms with Gasteiger partial charge in [-0.15, -0.1) is 0 Å². The van der Waals surface area contributed by atoms with Crippen LogP contribution in [0.2, 0.25) is 0 Å². The van der Waals surface area contributed by atoms with Gasteiger partial charge in [-0.3, -0.25) is 4.98 Å². The number of nitrogens with zero attached hydrogens (tertiary/aromatic N) is 3. The maximum absolute atomic E-state index is 12.5. The minimum atomic E-state index is -4.38. The van der Waals surface area contributed by atoms with Crippen LogP contribution in [0.5, 0.6) is 0 Å². The summed E-state index contributed by atoms with van der Waals surface area (Å²) in [6.45, 7) is 0. The zero-order valence-corrected chi connectivity index (χ0v) is 11.6. The van der Waals surface area contributed by atoms with E-state index < -0.39 is 16.7 Å². The maximum Gasteiger partial charge on any atom is 0.416 e. The van der Waals surface area contributed by atoms with Gasteiger partial charge in [-0.2, -0.15) is 23.4 Å². The highest BCUT2D eigenvalue weighted by atomic mass is 79.9. The summed E-state index contributed by atoms with van der Waals surface area (Å²) in [5.74, 6) is 0. The predicted molar refractivity (Wildman–Crippen MR) is 71.9 cm³/mol. The van der Waals surface area contributed by atoms with Crippen molar-refractivity contribution in [2.45, 2.75) is 11.1 Å². The molecular formula is C13H9BrF3N3. The van der Waals surface area contributed by atoms with Crippen LogP contribution in [0.15, 0.2) is 59.0 Å². The van der Waals surface area contributed by atoms with Gasteiger partial charge in [0.05, 0.1) is 11.3 Å². The maximum atomic E-state index is 12.5. The first-order valence-corrected chi connectivity index (χ1v) is 6.50. The van der Waals surface area contributed by atoms with Gasteiger partial charge in [0, 0.05) is 12.4 Å². The van der Waals surface area contributed by atoms with Gasteiger partial charge in [-0.05, 0) is 35.9 Å². The number of alkyl halides is 4. The molecule has 0 aliphatic rings. The number of benzene rings is 1. The molecule has 104 valence electrons. The first-order chi connectivity index (χ1) is 9.47. The van der Waals surface area contributed by atoms with Crippen molar-refractivity contribution >= 4 is 21.6 Å². The molecule has 2 aromatic rings. The average Bonchev–Trinajstić information content (AvgIpc) is 2.45. The van der Waals surface area contributed by atoms with E-state index in [1.807, 2.05) is 0 Å². The molecule has 0 fully saturated rings. The van der Waals surface area contributed by atoms with Crippen LogP contribution in [0.3, 0.4) is 0 Å². The van der Waals surface area contributed by atoms with Crippen LogP contribution in [-0.2, 0) is 6.18 Å². The molecule has 0 saturated carbocycles. The molecule has 0 radical (unpaired) electrons. The third kappa shape index (κ3) is 3.86. The number of hydrogen-bond acceptors (Lipinski definition) is 3. The van der Waals surface area contributed by atoms with Crippen LogP contribution < -0.4 is 0 Å². The van der Waals surface area contributed by atoms with Crippen molar-refractivity contribution in [3.8, 4) is 0 Å². The number of pyridine rings is 1. The summed E-state index contributed by atoms with van der Waals surface area (Å²) >= 11 is 3.29. The molecule has 7 heteroatoms. The standard InChI is InChI=1S/C13H9BrF3N3/c14-12(9-4-6-18-7-5-9)20-19-11-3-1-2-10(8-11)13(15,16)17/h1-8,12H. The Balaban J connectivity index is 2.16. The van der Waals surface area contributed by atoms with E-state index in [9.17, 15) is 13.2 Å². The molecule has 3 nitrogen and oxygen atoms in total. The Kier molecular flexibility index (Phi) is 4.49. The Bertz CT molecular complexity index is 599. The van der Waals surface area contributed by atoms with Crippen molar-refractivity contribution in [1.29, 1.82) is 0 Å². The zero-order valence-electron chi connectivity index (χ0n) is 10.0. The van der Waals surface area contributed by atoms with E-state index in [4.69, 9.17) is 0 Å². The minimum absolute atomic E-state index is 0.151. The van der Waals surface area contributed by atoms with Gasteiger partial charge in [0.1, 0.15) is 0 Å². The van der Waals surface area contributed by atoms with Gasteiger partial charge in [0.15, 0.2) is 4.95 Å². The molecule has 1 aromatic carbocycles. The van der Waals surface area contributed by atoms with Crippen molar-refractivity contribution in [3.63, 3.8) is 0 Å². The first kappa shape index (κ1) is 14.6. The van der Waals surface area contributed by atoms with Crippen molar-refractivity contribution < 1.29 is 13.2 Å². The van der Waals surface area contributed by atoms with Crippen LogP contribution >= 0.6 is 15.9 Å². The van der Waals surface area contributed by atoms with Crippen LogP contribution in [0, 0.1) is 0 Å². The number of azo groups is 1. The van der Waals surface area contributed by atoms with Gasteiger partial charge >= 0.3 is 6.18 Å². The molecule has 0 N–H and O–H groups in total. The molecule has 0 aliphatic carbocycles. The molecule has 0 saturated heterocycles. The summed E-state index contributed by atoms with van der Waals surface area (Å²) in [7, 11) is 0. The zero-order chi connectivity index (χ0) is 14.6. The van der Waals surface area contributed by atoms with E-state index in [0.717, 1.165) is 17.7 Å². The van der Waals surface area contributed by atoms with Gasteiger partial charge in [-0.25, -0.2) is 0 Å². The summed E-state index contributed by atoms with van der Waals surface area (Å²) < 4.78 is 37.6. The molecular weight excluding hydrogens is 335 g/mol. The van der Waals surface area contributed by atoms with E-state index in [1.54, 1.807) is 24.5 Å². The lowest BCUT2D eigenvalue weighted by molar-refractivity contribution is -0.137. The molecule has 1 aromatic heterocycles. The normalized spacial score (nSPS) is 13.6. The van der Waals surface area contributed by atoms with Crippen molar-refractivity contribution in [2.24, 2.45) is 10.2 Å². The Morgan fingerprint density at radius 3 is 2.45 bits per heavy atom. The third-order valence-electron chi connectivity index (χ3n) is 2.43. The fourth-order valence-electron chi connectivity index (χ4n) is 1.45. The van der Waals surface area contributed by atoms with Gasteiger partial charge in [0.25, 0.3) is 0 Å². The third-order valence-corrected chi connectivity index (χ3v) is 3.14. The molecule has 0 spiro atoms. The average molecular weight is 344 g/mol. The fraction of sp³-hybridized carbons (Fsp3) is 0.154. The molecule has 1 atom stereocenters. The van der Waals surface area contributed by atoms with E-state index >= 15 is 0 Å². The van der Waals surface area contributed by atoms with Gasteiger partial charge in [0.2, 0.25) is 0 Å². The Morgan fingerprint density at radius 2 is 1.80 bits per heavy atom. The summed E-state index contributed by atoms with van der Waals surface area (Å²) in [6.07, 6.45) is -1.18. The second-order valence-electron chi connectivity index (χ2n) is 3.88. The van der Waals surface area contributed by atoms with Crippen molar-refractivity contribution in [1.82, 2.24) is 4.98 Å². The predicted octanol–water partition coefficient (Wildman–Crippen LogP) is 5.28. The first-order valence-electron chi connectivity index (χ1n) is 5.59. The number of rotatable bonds is 3. The topological polar surface area (TPSA) is 37.6 Å². The van der Waals surface area contributed by atoms with Gasteiger partial charge < -0.3 is 0 Å². The monoisotopic (exact) mass is 343 g/mol. The smallest absolute Gasteiger partial charge is 0.265 e. The highest BCUT2D eigenvalue weighted by Crippen LogP contribution is 2.32. The van der Waals surface area contributed by atoms with Crippen molar-refractivity contribution in [3.05, 3.63) is 59.9 Å². The second-order valence-corrected chi connectivity index (χ2v) is 4.75. The lowest BCUT2D eigenvalue weighted by atomic mass is 10.2. The van der Waals surface area contributed by atoms with Crippen LogP contribution in [0.4, 0.5) is 18.9 Å². The minimum Gasteiger partial charge on any atom is -0.265 e. The highest BCUT2D eigenvalue weighted by Gasteiger charge is 2.30. The number of aromatic nitrogens is 1. The molecule has 1 heterocycles. The SMILES string of the molecule is FC(F)(F)c1cccc(N=NC(Br)c2ccncc2)c1. The van der Waals surface area contributed by atoms with E-state index in [2.05, 4.69) is 31.1 Å². The molecule has 0 bridgehead atoms. The van der Waals surface area contributed by atoms with Crippen LogP contribution in [0.25, 0.3) is 0 Å². The largest absolute Gasteiger partial charge is 0.416 e. The summed E-state index contributed by atoms with van der Waals surface area (Å²) in [5.41, 5.74) is 0.220. The highest BCUT2D eigenvalue weighted by molar-refractivity contribution is 9.09. The molecule has 0 aliphatic heterocycles.